The molecular weight excluding hydrogens is 502 g/mol. The summed E-state index contributed by atoms with van der Waals surface area (Å²) >= 11 is 5.96. The number of methoxy groups -OCH3 is 2. The van der Waals surface area contributed by atoms with Gasteiger partial charge in [0.05, 0.1) is 25.2 Å². The highest BCUT2D eigenvalue weighted by molar-refractivity contribution is 7.89. The van der Waals surface area contributed by atoms with Gasteiger partial charge in [-0.3, -0.25) is 0 Å². The van der Waals surface area contributed by atoms with Crippen LogP contribution in [0.15, 0.2) is 65.6 Å². The number of carbonyl (C=O) groups excluding carboxylic acids is 1. The Bertz CT molecular complexity index is 1350. The molecule has 0 unspecified atom stereocenters. The summed E-state index contributed by atoms with van der Waals surface area (Å²) in [5.41, 5.74) is 3.29. The number of ether oxygens (including phenoxy) is 2. The number of halogens is 1. The van der Waals surface area contributed by atoms with E-state index in [1.165, 1.54) is 7.11 Å². The topological polar surface area (TPSA) is 97.0 Å². The molecule has 1 heterocycles. The second kappa shape index (κ2) is 10.8. The van der Waals surface area contributed by atoms with Gasteiger partial charge in [-0.1, -0.05) is 29.3 Å². The van der Waals surface area contributed by atoms with Gasteiger partial charge in [-0.05, 0) is 73.0 Å². The van der Waals surface area contributed by atoms with E-state index in [1.54, 1.807) is 66.6 Å². The number of nitrogens with zero attached hydrogens (tertiary/aromatic N) is 1. The number of hydrogen-bond acceptors (Lipinski definition) is 5. The third-order valence-corrected chi connectivity index (χ3v) is 7.85. The van der Waals surface area contributed by atoms with Gasteiger partial charge in [0, 0.05) is 23.8 Å². The van der Waals surface area contributed by atoms with E-state index in [1.807, 2.05) is 13.0 Å². The van der Waals surface area contributed by atoms with E-state index < -0.39 is 16.1 Å². The lowest BCUT2D eigenvalue weighted by atomic mass is 9.92. The molecule has 0 saturated heterocycles. The van der Waals surface area contributed by atoms with Gasteiger partial charge in [0.2, 0.25) is 10.0 Å². The second-order valence-corrected chi connectivity index (χ2v) is 10.7. The van der Waals surface area contributed by atoms with Gasteiger partial charge in [-0.15, -0.1) is 0 Å². The molecule has 190 valence electrons. The predicted octanol–water partition coefficient (Wildman–Crippen LogP) is 4.78. The summed E-state index contributed by atoms with van der Waals surface area (Å²) in [5.74, 6) is 1.08. The van der Waals surface area contributed by atoms with Crippen molar-refractivity contribution in [2.45, 2.75) is 24.3 Å². The smallest absolute Gasteiger partial charge is 0.322 e. The third kappa shape index (κ3) is 5.59. The number of nitrogens with one attached hydrogen (secondary N) is 2. The largest absolute Gasteiger partial charge is 0.493 e. The van der Waals surface area contributed by atoms with Crippen molar-refractivity contribution < 1.29 is 22.7 Å². The van der Waals surface area contributed by atoms with Gasteiger partial charge < -0.3 is 19.7 Å². The summed E-state index contributed by atoms with van der Waals surface area (Å²) < 4.78 is 39.7. The lowest BCUT2D eigenvalue weighted by Gasteiger charge is -2.37. The highest BCUT2D eigenvalue weighted by Gasteiger charge is 2.33. The highest BCUT2D eigenvalue weighted by Crippen LogP contribution is 2.38. The van der Waals surface area contributed by atoms with E-state index in [9.17, 15) is 13.2 Å². The predicted molar refractivity (Wildman–Crippen MR) is 140 cm³/mol. The number of fused-ring (bicyclic) bond motifs is 1. The van der Waals surface area contributed by atoms with Crippen molar-refractivity contribution in [3.05, 3.63) is 82.4 Å². The molecular formula is C26H28ClN3O5S. The van der Waals surface area contributed by atoms with Crippen LogP contribution in [0.3, 0.4) is 0 Å². The molecule has 0 saturated carbocycles. The second-order valence-electron chi connectivity index (χ2n) is 8.47. The molecule has 0 aliphatic carbocycles. The van der Waals surface area contributed by atoms with Crippen LogP contribution in [0.5, 0.6) is 11.5 Å². The molecule has 2 amide bonds. The van der Waals surface area contributed by atoms with E-state index in [0.717, 1.165) is 16.7 Å². The fourth-order valence-electron chi connectivity index (χ4n) is 4.21. The average Bonchev–Trinajstić information content (AvgIpc) is 2.87. The van der Waals surface area contributed by atoms with Crippen molar-refractivity contribution in [2.75, 3.05) is 32.6 Å². The lowest BCUT2D eigenvalue weighted by Crippen LogP contribution is -2.46. The Labute approximate surface area is 216 Å². The Kier molecular flexibility index (Phi) is 7.73. The first-order valence-corrected chi connectivity index (χ1v) is 13.2. The first kappa shape index (κ1) is 25.8. The standard InChI is InChI=1S/C26H28ClN3O5S/c1-17-4-10-21(11-5-17)36(32,33)28-16-23-22-15-25(35-3)24(34-2)14-18(22)12-13-30(23)26(31)29-20-8-6-19(27)7-9-20/h4-11,14-15,23,28H,12-13,16H2,1-3H3,(H,29,31)/t23-/m1/s1. The lowest BCUT2D eigenvalue weighted by molar-refractivity contribution is 0.183. The molecule has 0 bridgehead atoms. The minimum absolute atomic E-state index is 0.0211. The van der Waals surface area contributed by atoms with Crippen LogP contribution in [0.4, 0.5) is 10.5 Å². The van der Waals surface area contributed by atoms with Crippen LogP contribution < -0.4 is 19.5 Å². The van der Waals surface area contributed by atoms with Crippen LogP contribution in [0.2, 0.25) is 5.02 Å². The van der Waals surface area contributed by atoms with E-state index in [0.29, 0.717) is 35.2 Å². The van der Waals surface area contributed by atoms with Crippen molar-refractivity contribution in [3.8, 4) is 11.5 Å². The highest BCUT2D eigenvalue weighted by atomic mass is 35.5. The Hall–Kier alpha value is -3.27. The van der Waals surface area contributed by atoms with Gasteiger partial charge in [0.15, 0.2) is 11.5 Å². The Morgan fingerprint density at radius 1 is 1.03 bits per heavy atom. The molecule has 0 fully saturated rings. The quantitative estimate of drug-likeness (QED) is 0.459. The summed E-state index contributed by atoms with van der Waals surface area (Å²) in [6.45, 7) is 2.26. The summed E-state index contributed by atoms with van der Waals surface area (Å²) in [6, 6.07) is 16.2. The van der Waals surface area contributed by atoms with E-state index in [4.69, 9.17) is 21.1 Å². The van der Waals surface area contributed by atoms with Gasteiger partial charge in [-0.2, -0.15) is 0 Å². The summed E-state index contributed by atoms with van der Waals surface area (Å²) in [5, 5.41) is 3.44. The molecule has 10 heteroatoms. The molecule has 4 rings (SSSR count). The molecule has 0 radical (unpaired) electrons. The zero-order chi connectivity index (χ0) is 25.9. The summed E-state index contributed by atoms with van der Waals surface area (Å²) in [7, 11) is -0.703. The molecule has 1 atom stereocenters. The van der Waals surface area contributed by atoms with Crippen molar-refractivity contribution >= 4 is 33.3 Å². The summed E-state index contributed by atoms with van der Waals surface area (Å²) in [6.07, 6.45) is 0.574. The van der Waals surface area contributed by atoms with Crippen LogP contribution in [-0.4, -0.2) is 46.7 Å². The zero-order valence-corrected chi connectivity index (χ0v) is 21.8. The maximum atomic E-state index is 13.3. The number of benzene rings is 3. The number of rotatable bonds is 7. The maximum Gasteiger partial charge on any atom is 0.322 e. The number of hydrogen-bond donors (Lipinski definition) is 2. The monoisotopic (exact) mass is 529 g/mol. The van der Waals surface area contributed by atoms with E-state index in [-0.39, 0.29) is 17.5 Å². The Morgan fingerprint density at radius 3 is 2.31 bits per heavy atom. The molecule has 36 heavy (non-hydrogen) atoms. The maximum absolute atomic E-state index is 13.3. The number of aryl methyl sites for hydroxylation is 1. The number of anilines is 1. The molecule has 8 nitrogen and oxygen atoms in total. The van der Waals surface area contributed by atoms with Gasteiger partial charge >= 0.3 is 6.03 Å². The number of urea groups is 1. The van der Waals surface area contributed by atoms with Crippen LogP contribution in [-0.2, 0) is 16.4 Å². The van der Waals surface area contributed by atoms with Crippen molar-refractivity contribution in [1.82, 2.24) is 9.62 Å². The number of sulfonamides is 1. The zero-order valence-electron chi connectivity index (χ0n) is 20.2. The SMILES string of the molecule is COc1cc2c(cc1OC)[C@@H](CNS(=O)(=O)c1ccc(C)cc1)N(C(=O)Nc1ccc(Cl)cc1)CC2. The molecule has 0 aromatic heterocycles. The van der Waals surface area contributed by atoms with Crippen molar-refractivity contribution in [1.29, 1.82) is 0 Å². The molecule has 2 N–H and O–H groups in total. The van der Waals surface area contributed by atoms with Crippen LogP contribution in [0, 0.1) is 6.92 Å². The Morgan fingerprint density at radius 2 is 1.67 bits per heavy atom. The van der Waals surface area contributed by atoms with Gasteiger partial charge in [0.1, 0.15) is 0 Å². The fraction of sp³-hybridized carbons (Fsp3) is 0.269. The van der Waals surface area contributed by atoms with Crippen LogP contribution in [0.25, 0.3) is 0 Å². The average molecular weight is 530 g/mol. The van der Waals surface area contributed by atoms with Crippen LogP contribution in [0.1, 0.15) is 22.7 Å². The first-order chi connectivity index (χ1) is 17.2. The third-order valence-electron chi connectivity index (χ3n) is 6.16. The van der Waals surface area contributed by atoms with Crippen molar-refractivity contribution in [2.24, 2.45) is 0 Å². The molecule has 3 aromatic carbocycles. The van der Waals surface area contributed by atoms with E-state index >= 15 is 0 Å². The van der Waals surface area contributed by atoms with Gasteiger partial charge in [0.25, 0.3) is 0 Å². The first-order valence-electron chi connectivity index (χ1n) is 11.4. The number of carbonyl (C=O) groups is 1. The van der Waals surface area contributed by atoms with E-state index in [2.05, 4.69) is 10.0 Å². The van der Waals surface area contributed by atoms with Crippen molar-refractivity contribution in [3.63, 3.8) is 0 Å². The van der Waals surface area contributed by atoms with Crippen LogP contribution >= 0.6 is 11.6 Å². The minimum atomic E-state index is -3.80. The Balaban J connectivity index is 1.66. The number of amides is 2. The molecule has 3 aromatic rings. The fourth-order valence-corrected chi connectivity index (χ4v) is 5.37. The molecule has 1 aliphatic rings. The molecule has 0 spiro atoms. The van der Waals surface area contributed by atoms with Gasteiger partial charge in [-0.25, -0.2) is 17.9 Å². The summed E-state index contributed by atoms with van der Waals surface area (Å²) in [4.78, 5) is 15.1. The normalized spacial score (nSPS) is 15.2. The minimum Gasteiger partial charge on any atom is -0.493 e. The molecule has 1 aliphatic heterocycles.